The summed E-state index contributed by atoms with van der Waals surface area (Å²) in [6.07, 6.45) is 2.87. The Bertz CT molecular complexity index is 207. The van der Waals surface area contributed by atoms with E-state index >= 15 is 0 Å². The van der Waals surface area contributed by atoms with Crippen LogP contribution in [0.2, 0.25) is 0 Å². The molecule has 1 unspecified atom stereocenters. The Morgan fingerprint density at radius 1 is 1.54 bits per heavy atom. The molecule has 1 N–H and O–H groups in total. The molecule has 0 aromatic heterocycles. The number of rotatable bonds is 2. The number of hydrogen-bond acceptors (Lipinski definition) is 4. The molecule has 0 aliphatic carbocycles. The molecule has 2 heterocycles. The maximum Gasteiger partial charge on any atom is 0.323 e. The number of aliphatic hydroxyl groups is 1. The zero-order valence-electron chi connectivity index (χ0n) is 7.61. The summed E-state index contributed by atoms with van der Waals surface area (Å²) in [5.41, 5.74) is 0. The summed E-state index contributed by atoms with van der Waals surface area (Å²) in [4.78, 5) is 13.4. The predicted octanol–water partition coefficient (Wildman–Crippen LogP) is -0.241. The van der Waals surface area contributed by atoms with E-state index in [9.17, 15) is 4.79 Å². The first-order valence-corrected chi connectivity index (χ1v) is 4.86. The molecule has 2 aliphatic rings. The van der Waals surface area contributed by atoms with E-state index in [2.05, 4.69) is 4.90 Å². The van der Waals surface area contributed by atoms with Gasteiger partial charge in [0.05, 0.1) is 13.2 Å². The summed E-state index contributed by atoms with van der Waals surface area (Å²) in [7, 11) is 0. The fourth-order valence-electron chi connectivity index (χ4n) is 2.25. The minimum absolute atomic E-state index is 0.0837. The van der Waals surface area contributed by atoms with Crippen LogP contribution in [-0.2, 0) is 9.53 Å². The van der Waals surface area contributed by atoms with Gasteiger partial charge in [-0.1, -0.05) is 0 Å². The molecule has 2 fully saturated rings. The highest BCUT2D eigenvalue weighted by molar-refractivity contribution is 5.77. The molecule has 0 aromatic rings. The first-order valence-electron chi connectivity index (χ1n) is 4.86. The fraction of sp³-hybridized carbons (Fsp3) is 0.889. The Morgan fingerprint density at radius 3 is 3.00 bits per heavy atom. The Morgan fingerprint density at radius 2 is 2.38 bits per heavy atom. The van der Waals surface area contributed by atoms with Crippen LogP contribution in [0.15, 0.2) is 0 Å². The largest absolute Gasteiger partial charge is 0.464 e. The van der Waals surface area contributed by atoms with Gasteiger partial charge in [0.25, 0.3) is 0 Å². The molecule has 2 saturated heterocycles. The van der Waals surface area contributed by atoms with E-state index in [1.807, 2.05) is 0 Å². The lowest BCUT2D eigenvalue weighted by molar-refractivity contribution is -0.142. The van der Waals surface area contributed by atoms with Crippen molar-refractivity contribution in [3.63, 3.8) is 0 Å². The van der Waals surface area contributed by atoms with E-state index in [-0.39, 0.29) is 24.7 Å². The molecule has 0 bridgehead atoms. The predicted molar refractivity (Wildman–Crippen MR) is 46.2 cm³/mol. The van der Waals surface area contributed by atoms with Crippen LogP contribution < -0.4 is 0 Å². The number of likely N-dealkylation sites (tertiary alicyclic amines) is 1. The fourth-order valence-corrected chi connectivity index (χ4v) is 2.25. The average Bonchev–Trinajstić information content (AvgIpc) is 2.71. The van der Waals surface area contributed by atoms with Crippen molar-refractivity contribution in [2.24, 2.45) is 0 Å². The molecule has 2 atom stereocenters. The second kappa shape index (κ2) is 3.64. The molecule has 74 valence electrons. The topological polar surface area (TPSA) is 49.8 Å². The highest BCUT2D eigenvalue weighted by Crippen LogP contribution is 2.24. The number of cyclic esters (lactones) is 1. The van der Waals surface area contributed by atoms with E-state index in [1.54, 1.807) is 0 Å². The van der Waals surface area contributed by atoms with Crippen molar-refractivity contribution in [3.05, 3.63) is 0 Å². The average molecular weight is 185 g/mol. The number of aliphatic hydroxyl groups excluding tert-OH is 1. The number of hydrogen-bond donors (Lipinski definition) is 1. The molecular formula is C9H15NO3. The van der Waals surface area contributed by atoms with Gasteiger partial charge in [0, 0.05) is 12.5 Å². The van der Waals surface area contributed by atoms with Crippen molar-refractivity contribution in [2.45, 2.75) is 31.3 Å². The molecule has 4 heteroatoms. The molecule has 13 heavy (non-hydrogen) atoms. The molecular weight excluding hydrogens is 170 g/mol. The lowest BCUT2D eigenvalue weighted by atomic mass is 10.2. The van der Waals surface area contributed by atoms with Crippen LogP contribution in [0.3, 0.4) is 0 Å². The van der Waals surface area contributed by atoms with Crippen molar-refractivity contribution in [2.75, 3.05) is 19.8 Å². The van der Waals surface area contributed by atoms with Crippen LogP contribution in [-0.4, -0.2) is 47.8 Å². The third kappa shape index (κ3) is 1.56. The molecule has 0 radical (unpaired) electrons. The molecule has 0 aromatic carbocycles. The third-order valence-corrected chi connectivity index (χ3v) is 2.94. The summed E-state index contributed by atoms with van der Waals surface area (Å²) in [5.74, 6) is -0.111. The monoisotopic (exact) mass is 185 g/mol. The molecule has 0 spiro atoms. The summed E-state index contributed by atoms with van der Waals surface area (Å²) in [5, 5.41) is 9.09. The van der Waals surface area contributed by atoms with Crippen molar-refractivity contribution in [1.29, 1.82) is 0 Å². The van der Waals surface area contributed by atoms with Gasteiger partial charge in [-0.15, -0.1) is 0 Å². The summed E-state index contributed by atoms with van der Waals surface area (Å²) >= 11 is 0. The van der Waals surface area contributed by atoms with Crippen LogP contribution in [0.4, 0.5) is 0 Å². The van der Waals surface area contributed by atoms with Gasteiger partial charge in [0.1, 0.15) is 6.04 Å². The smallest absolute Gasteiger partial charge is 0.323 e. The van der Waals surface area contributed by atoms with Crippen molar-refractivity contribution in [3.8, 4) is 0 Å². The van der Waals surface area contributed by atoms with E-state index < -0.39 is 0 Å². The number of carbonyl (C=O) groups is 1. The second-order valence-electron chi connectivity index (χ2n) is 3.69. The van der Waals surface area contributed by atoms with Crippen LogP contribution >= 0.6 is 0 Å². The quantitative estimate of drug-likeness (QED) is 0.603. The van der Waals surface area contributed by atoms with Crippen LogP contribution in [0, 0.1) is 0 Å². The third-order valence-electron chi connectivity index (χ3n) is 2.94. The summed E-state index contributed by atoms with van der Waals surface area (Å²) in [6.45, 7) is 1.62. The summed E-state index contributed by atoms with van der Waals surface area (Å²) < 4.78 is 4.91. The van der Waals surface area contributed by atoms with Gasteiger partial charge in [-0.25, -0.2) is 0 Å². The first kappa shape index (κ1) is 8.97. The van der Waals surface area contributed by atoms with Gasteiger partial charge in [-0.05, 0) is 19.4 Å². The maximum absolute atomic E-state index is 11.3. The maximum atomic E-state index is 11.3. The zero-order chi connectivity index (χ0) is 9.26. The standard InChI is InChI=1S/C9H15NO3/c11-6-7-2-1-4-10(7)8-3-5-13-9(8)12/h7-8,11H,1-6H2/t7-,8?/m1/s1. The van der Waals surface area contributed by atoms with Crippen molar-refractivity contribution in [1.82, 2.24) is 4.90 Å². The van der Waals surface area contributed by atoms with Crippen molar-refractivity contribution >= 4 is 5.97 Å². The van der Waals surface area contributed by atoms with Gasteiger partial charge in [0.2, 0.25) is 0 Å². The first-order chi connectivity index (χ1) is 6.33. The van der Waals surface area contributed by atoms with Gasteiger partial charge < -0.3 is 9.84 Å². The van der Waals surface area contributed by atoms with Crippen molar-refractivity contribution < 1.29 is 14.6 Å². The van der Waals surface area contributed by atoms with Gasteiger partial charge >= 0.3 is 5.97 Å². The Labute approximate surface area is 77.5 Å². The number of nitrogens with zero attached hydrogens (tertiary/aromatic N) is 1. The van der Waals surface area contributed by atoms with E-state index in [0.717, 1.165) is 25.8 Å². The minimum atomic E-state index is -0.111. The lowest BCUT2D eigenvalue weighted by Crippen LogP contribution is -2.43. The normalized spacial score (nSPS) is 35.3. The molecule has 4 nitrogen and oxygen atoms in total. The van der Waals surface area contributed by atoms with Gasteiger partial charge in [-0.2, -0.15) is 0 Å². The highest BCUT2D eigenvalue weighted by Gasteiger charge is 2.38. The molecule has 2 aliphatic heterocycles. The van der Waals surface area contributed by atoms with E-state index in [0.29, 0.717) is 6.61 Å². The number of carbonyl (C=O) groups excluding carboxylic acids is 1. The van der Waals surface area contributed by atoms with Crippen LogP contribution in [0.5, 0.6) is 0 Å². The minimum Gasteiger partial charge on any atom is -0.464 e. The SMILES string of the molecule is O=C1OCCC1N1CCC[C@@H]1CO. The zero-order valence-corrected chi connectivity index (χ0v) is 7.61. The van der Waals surface area contributed by atoms with E-state index in [1.165, 1.54) is 0 Å². The summed E-state index contributed by atoms with van der Waals surface area (Å²) in [6, 6.07) is 0.0929. The Hall–Kier alpha value is -0.610. The number of esters is 1. The molecule has 2 rings (SSSR count). The van der Waals surface area contributed by atoms with Gasteiger partial charge in [-0.3, -0.25) is 9.69 Å². The molecule has 0 amide bonds. The Kier molecular flexibility index (Phi) is 2.51. The van der Waals surface area contributed by atoms with Crippen LogP contribution in [0.25, 0.3) is 0 Å². The number of ether oxygens (including phenoxy) is 1. The van der Waals surface area contributed by atoms with Crippen LogP contribution in [0.1, 0.15) is 19.3 Å². The van der Waals surface area contributed by atoms with E-state index in [4.69, 9.17) is 9.84 Å². The highest BCUT2D eigenvalue weighted by atomic mass is 16.5. The lowest BCUT2D eigenvalue weighted by Gasteiger charge is -2.26. The second-order valence-corrected chi connectivity index (χ2v) is 3.69. The molecule has 0 saturated carbocycles. The Balaban J connectivity index is 2.02. The van der Waals surface area contributed by atoms with Gasteiger partial charge in [0.15, 0.2) is 0 Å².